The van der Waals surface area contributed by atoms with Crippen LogP contribution in [0.1, 0.15) is 37.0 Å². The molecule has 0 atom stereocenters. The summed E-state index contributed by atoms with van der Waals surface area (Å²) in [6.45, 7) is 6.73. The normalized spacial score (nSPS) is 18.8. The minimum absolute atomic E-state index is 0.0359. The molecule has 0 amide bonds. The summed E-state index contributed by atoms with van der Waals surface area (Å²) in [6.07, 6.45) is 2.19. The molecule has 0 N–H and O–H groups in total. The predicted molar refractivity (Wildman–Crippen MR) is 76.7 cm³/mol. The Morgan fingerprint density at radius 1 is 1.35 bits per heavy atom. The molecule has 1 heterocycles. The molecular weight excluding hydrogens is 257 g/mol. The van der Waals surface area contributed by atoms with E-state index in [-0.39, 0.29) is 11.5 Å². The summed E-state index contributed by atoms with van der Waals surface area (Å²) < 4.78 is 18.5. The van der Waals surface area contributed by atoms with E-state index in [1.165, 1.54) is 19.2 Å². The molecule has 2 rings (SSSR count). The topological polar surface area (TPSA) is 29.5 Å². The van der Waals surface area contributed by atoms with Crippen LogP contribution in [0.15, 0.2) is 18.2 Å². The van der Waals surface area contributed by atoms with Crippen LogP contribution in [0.4, 0.5) is 4.39 Å². The summed E-state index contributed by atoms with van der Waals surface area (Å²) in [6, 6.07) is 4.38. The van der Waals surface area contributed by atoms with Crippen molar-refractivity contribution in [3.05, 3.63) is 29.6 Å². The van der Waals surface area contributed by atoms with Gasteiger partial charge in [-0.2, -0.15) is 0 Å². The first kappa shape index (κ1) is 15.0. The highest BCUT2D eigenvalue weighted by molar-refractivity contribution is 5.97. The summed E-state index contributed by atoms with van der Waals surface area (Å²) in [7, 11) is 1.41. The molecule has 0 radical (unpaired) electrons. The zero-order valence-electron chi connectivity index (χ0n) is 12.4. The van der Waals surface area contributed by atoms with Crippen LogP contribution in [-0.2, 0) is 0 Å². The second kappa shape index (κ2) is 5.92. The number of piperidine rings is 1. The maximum Gasteiger partial charge on any atom is 0.176 e. The van der Waals surface area contributed by atoms with Gasteiger partial charge in [0.15, 0.2) is 17.3 Å². The number of likely N-dealkylation sites (tertiary alicyclic amines) is 1. The molecule has 1 saturated heterocycles. The van der Waals surface area contributed by atoms with Crippen molar-refractivity contribution in [2.75, 3.05) is 26.7 Å². The number of nitrogens with zero attached hydrogens (tertiary/aromatic N) is 1. The summed E-state index contributed by atoms with van der Waals surface area (Å²) in [5.41, 5.74) is 0.777. The first-order valence-corrected chi connectivity index (χ1v) is 7.00. The molecule has 1 fully saturated rings. The number of benzene rings is 1. The number of rotatable bonds is 4. The average Bonchev–Trinajstić information content (AvgIpc) is 2.41. The van der Waals surface area contributed by atoms with Crippen LogP contribution in [0, 0.1) is 11.2 Å². The zero-order chi connectivity index (χ0) is 14.8. The van der Waals surface area contributed by atoms with Crippen LogP contribution in [-0.4, -0.2) is 37.4 Å². The fourth-order valence-electron chi connectivity index (χ4n) is 2.45. The maximum absolute atomic E-state index is 13.6. The summed E-state index contributed by atoms with van der Waals surface area (Å²) in [5.74, 6) is -0.356. The lowest BCUT2D eigenvalue weighted by Gasteiger charge is -2.36. The second-order valence-corrected chi connectivity index (χ2v) is 6.21. The molecule has 1 aliphatic rings. The third kappa shape index (κ3) is 3.57. The van der Waals surface area contributed by atoms with Crippen LogP contribution in [0.3, 0.4) is 0 Å². The average molecular weight is 279 g/mol. The Bertz CT molecular complexity index is 489. The fourth-order valence-corrected chi connectivity index (χ4v) is 2.45. The van der Waals surface area contributed by atoms with Crippen molar-refractivity contribution in [3.8, 4) is 5.75 Å². The van der Waals surface area contributed by atoms with Crippen molar-refractivity contribution in [2.24, 2.45) is 5.41 Å². The Hall–Kier alpha value is -1.42. The summed E-state index contributed by atoms with van der Waals surface area (Å²) >= 11 is 0. The molecular formula is C16H22FNO2. The van der Waals surface area contributed by atoms with E-state index >= 15 is 0 Å². The summed E-state index contributed by atoms with van der Waals surface area (Å²) in [5, 5.41) is 0. The standard InChI is InChI=1S/C16H22FNO2/c1-16(2)6-8-18(9-7-16)11-14(19)12-4-5-15(20-3)13(17)10-12/h4-5,10H,6-9,11H2,1-3H3. The van der Waals surface area contributed by atoms with E-state index in [0.29, 0.717) is 17.5 Å². The van der Waals surface area contributed by atoms with E-state index in [0.717, 1.165) is 25.9 Å². The number of hydrogen-bond acceptors (Lipinski definition) is 3. The minimum atomic E-state index is -0.488. The van der Waals surface area contributed by atoms with Gasteiger partial charge in [0.25, 0.3) is 0 Å². The Morgan fingerprint density at radius 3 is 2.55 bits per heavy atom. The van der Waals surface area contributed by atoms with Crippen molar-refractivity contribution >= 4 is 5.78 Å². The van der Waals surface area contributed by atoms with Crippen LogP contribution in [0.25, 0.3) is 0 Å². The Balaban J connectivity index is 1.97. The molecule has 1 aromatic rings. The molecule has 1 aromatic carbocycles. The van der Waals surface area contributed by atoms with Gasteiger partial charge in [-0.25, -0.2) is 4.39 Å². The van der Waals surface area contributed by atoms with E-state index < -0.39 is 5.82 Å². The minimum Gasteiger partial charge on any atom is -0.494 e. The van der Waals surface area contributed by atoms with Gasteiger partial charge in [-0.15, -0.1) is 0 Å². The van der Waals surface area contributed by atoms with Gasteiger partial charge in [0.2, 0.25) is 0 Å². The fraction of sp³-hybridized carbons (Fsp3) is 0.562. The van der Waals surface area contributed by atoms with E-state index in [4.69, 9.17) is 4.74 Å². The molecule has 4 heteroatoms. The lowest BCUT2D eigenvalue weighted by atomic mass is 9.82. The van der Waals surface area contributed by atoms with Crippen molar-refractivity contribution in [3.63, 3.8) is 0 Å². The number of Topliss-reactive ketones (excluding diaryl/α,β-unsaturated/α-hetero) is 1. The monoisotopic (exact) mass is 279 g/mol. The van der Waals surface area contributed by atoms with Gasteiger partial charge < -0.3 is 4.74 Å². The van der Waals surface area contributed by atoms with Gasteiger partial charge in [0.05, 0.1) is 13.7 Å². The number of ether oxygens (including phenoxy) is 1. The SMILES string of the molecule is COc1ccc(C(=O)CN2CCC(C)(C)CC2)cc1F. The maximum atomic E-state index is 13.6. The van der Waals surface area contributed by atoms with Gasteiger partial charge >= 0.3 is 0 Å². The van der Waals surface area contributed by atoms with Crippen molar-refractivity contribution < 1.29 is 13.9 Å². The van der Waals surface area contributed by atoms with Crippen LogP contribution in [0.5, 0.6) is 5.75 Å². The highest BCUT2D eigenvalue weighted by Crippen LogP contribution is 2.29. The number of carbonyl (C=O) groups excluding carboxylic acids is 1. The van der Waals surface area contributed by atoms with Crippen molar-refractivity contribution in [1.82, 2.24) is 4.90 Å². The highest BCUT2D eigenvalue weighted by atomic mass is 19.1. The van der Waals surface area contributed by atoms with E-state index in [9.17, 15) is 9.18 Å². The quantitative estimate of drug-likeness (QED) is 0.793. The van der Waals surface area contributed by atoms with Gasteiger partial charge in [-0.05, 0) is 49.5 Å². The van der Waals surface area contributed by atoms with E-state index in [2.05, 4.69) is 18.7 Å². The largest absolute Gasteiger partial charge is 0.494 e. The van der Waals surface area contributed by atoms with Crippen molar-refractivity contribution in [1.29, 1.82) is 0 Å². The molecule has 20 heavy (non-hydrogen) atoms. The first-order chi connectivity index (χ1) is 9.41. The molecule has 0 unspecified atom stereocenters. The van der Waals surface area contributed by atoms with Gasteiger partial charge in [0.1, 0.15) is 0 Å². The first-order valence-electron chi connectivity index (χ1n) is 7.00. The Kier molecular flexibility index (Phi) is 4.43. The van der Waals surface area contributed by atoms with E-state index in [1.807, 2.05) is 0 Å². The van der Waals surface area contributed by atoms with Crippen LogP contribution in [0.2, 0.25) is 0 Å². The molecule has 0 aliphatic carbocycles. The molecule has 110 valence electrons. The Labute approximate surface area is 119 Å². The molecule has 1 aliphatic heterocycles. The number of methoxy groups -OCH3 is 1. The smallest absolute Gasteiger partial charge is 0.176 e. The lowest BCUT2D eigenvalue weighted by Crippen LogP contribution is -2.40. The Morgan fingerprint density at radius 2 is 2.00 bits per heavy atom. The molecule has 0 aromatic heterocycles. The van der Waals surface area contributed by atoms with E-state index in [1.54, 1.807) is 6.07 Å². The van der Waals surface area contributed by atoms with Crippen molar-refractivity contribution in [2.45, 2.75) is 26.7 Å². The van der Waals surface area contributed by atoms with Gasteiger partial charge in [-0.3, -0.25) is 9.69 Å². The van der Waals surface area contributed by atoms with Gasteiger partial charge in [-0.1, -0.05) is 13.8 Å². The van der Waals surface area contributed by atoms with Crippen LogP contribution >= 0.6 is 0 Å². The molecule has 3 nitrogen and oxygen atoms in total. The van der Waals surface area contributed by atoms with Gasteiger partial charge in [0, 0.05) is 5.56 Å². The number of ketones is 1. The third-order valence-corrected chi connectivity index (χ3v) is 4.05. The number of carbonyl (C=O) groups is 1. The van der Waals surface area contributed by atoms with Crippen LogP contribution < -0.4 is 4.74 Å². The highest BCUT2D eigenvalue weighted by Gasteiger charge is 2.26. The lowest BCUT2D eigenvalue weighted by molar-refractivity contribution is 0.0845. The number of halogens is 1. The third-order valence-electron chi connectivity index (χ3n) is 4.05. The zero-order valence-corrected chi connectivity index (χ0v) is 12.4. The molecule has 0 bridgehead atoms. The molecule has 0 saturated carbocycles. The summed E-state index contributed by atoms with van der Waals surface area (Å²) in [4.78, 5) is 14.3. The molecule has 0 spiro atoms. The second-order valence-electron chi connectivity index (χ2n) is 6.21. The predicted octanol–water partition coefficient (Wildman–Crippen LogP) is 3.14. The number of hydrogen-bond donors (Lipinski definition) is 0.